The molecule has 1 aromatic carbocycles. The minimum absolute atomic E-state index is 0.655. The van der Waals surface area contributed by atoms with Crippen molar-refractivity contribution in [2.75, 3.05) is 0 Å². The number of hydrogen-bond donors (Lipinski definition) is 1. The topological polar surface area (TPSA) is 20.2 Å². The summed E-state index contributed by atoms with van der Waals surface area (Å²) in [7, 11) is 0. The van der Waals surface area contributed by atoms with Crippen LogP contribution in [0.1, 0.15) is 74.3 Å². The van der Waals surface area contributed by atoms with Crippen molar-refractivity contribution in [1.29, 1.82) is 0 Å². The maximum Gasteiger partial charge on any atom is 0.122 e. The van der Waals surface area contributed by atoms with Gasteiger partial charge in [-0.15, -0.1) is 0 Å². The maximum atomic E-state index is 11.0. The zero-order valence-electron chi connectivity index (χ0n) is 12.8. The molecular formula is C20H26O. The summed E-state index contributed by atoms with van der Waals surface area (Å²) in [6.45, 7) is 0. The van der Waals surface area contributed by atoms with E-state index in [1.54, 1.807) is 0 Å². The van der Waals surface area contributed by atoms with Gasteiger partial charge in [-0.05, 0) is 85.2 Å². The number of benzene rings is 1. The first-order valence-corrected chi connectivity index (χ1v) is 9.11. The van der Waals surface area contributed by atoms with E-state index in [1.807, 2.05) is 0 Å². The van der Waals surface area contributed by atoms with Crippen LogP contribution in [0.4, 0.5) is 0 Å². The fourth-order valence-electron chi connectivity index (χ4n) is 6.43. The van der Waals surface area contributed by atoms with Crippen LogP contribution in [0.5, 0.6) is 5.75 Å². The van der Waals surface area contributed by atoms with Gasteiger partial charge < -0.3 is 5.11 Å². The minimum Gasteiger partial charge on any atom is -0.507 e. The van der Waals surface area contributed by atoms with Crippen molar-refractivity contribution in [2.24, 2.45) is 23.7 Å². The van der Waals surface area contributed by atoms with Gasteiger partial charge in [-0.1, -0.05) is 31.0 Å². The molecule has 0 aromatic heterocycles. The highest BCUT2D eigenvalue weighted by Crippen LogP contribution is 2.58. The number of aromatic hydroxyl groups is 1. The molecule has 0 radical (unpaired) electrons. The zero-order chi connectivity index (χ0) is 14.0. The lowest BCUT2D eigenvalue weighted by atomic mass is 9.78. The largest absolute Gasteiger partial charge is 0.507 e. The van der Waals surface area contributed by atoms with E-state index in [0.717, 1.165) is 23.7 Å². The van der Waals surface area contributed by atoms with Crippen LogP contribution in [0.2, 0.25) is 0 Å². The van der Waals surface area contributed by atoms with Crippen molar-refractivity contribution < 1.29 is 5.11 Å². The van der Waals surface area contributed by atoms with Crippen LogP contribution < -0.4 is 0 Å². The zero-order valence-corrected chi connectivity index (χ0v) is 12.8. The van der Waals surface area contributed by atoms with E-state index in [0.29, 0.717) is 17.6 Å². The van der Waals surface area contributed by atoms with Gasteiger partial charge in [0.05, 0.1) is 0 Å². The average Bonchev–Trinajstić information content (AvgIpc) is 3.27. The predicted molar refractivity (Wildman–Crippen MR) is 84.5 cm³/mol. The van der Waals surface area contributed by atoms with E-state index in [2.05, 4.69) is 18.2 Å². The average molecular weight is 282 g/mol. The lowest BCUT2D eigenvalue weighted by Crippen LogP contribution is -2.12. The number of phenolic OH excluding ortho intramolecular Hbond substituents is 1. The molecule has 112 valence electrons. The molecule has 0 amide bonds. The van der Waals surface area contributed by atoms with Crippen molar-refractivity contribution in [3.63, 3.8) is 0 Å². The van der Waals surface area contributed by atoms with Crippen LogP contribution >= 0.6 is 0 Å². The van der Waals surface area contributed by atoms with Crippen LogP contribution in [-0.4, -0.2) is 5.11 Å². The second-order valence-electron chi connectivity index (χ2n) is 8.35. The molecule has 4 aliphatic carbocycles. The molecule has 6 atom stereocenters. The summed E-state index contributed by atoms with van der Waals surface area (Å²) in [4.78, 5) is 0. The molecule has 0 saturated heterocycles. The Balaban J connectivity index is 1.49. The van der Waals surface area contributed by atoms with Gasteiger partial charge in [-0.2, -0.15) is 0 Å². The normalized spacial score (nSPS) is 43.8. The third-order valence-electron chi connectivity index (χ3n) is 7.37. The molecule has 1 nitrogen and oxygen atoms in total. The number of para-hydroxylation sites is 1. The SMILES string of the molecule is Oc1c(C2CC3CCC2C3)cccc1C1CC2CCC1C2. The van der Waals surface area contributed by atoms with Crippen LogP contribution in [0, 0.1) is 23.7 Å². The first-order valence-electron chi connectivity index (χ1n) is 9.11. The maximum absolute atomic E-state index is 11.0. The third kappa shape index (κ3) is 1.82. The molecule has 1 N–H and O–H groups in total. The Labute approximate surface area is 127 Å². The van der Waals surface area contributed by atoms with E-state index in [1.165, 1.54) is 62.5 Å². The van der Waals surface area contributed by atoms with Gasteiger partial charge in [0, 0.05) is 0 Å². The molecule has 0 spiro atoms. The van der Waals surface area contributed by atoms with E-state index in [-0.39, 0.29) is 0 Å². The van der Waals surface area contributed by atoms with Crippen LogP contribution in [0.3, 0.4) is 0 Å². The highest BCUT2D eigenvalue weighted by Gasteiger charge is 2.44. The lowest BCUT2D eigenvalue weighted by molar-refractivity contribution is 0.377. The Bertz CT molecular complexity index is 517. The number of rotatable bonds is 2. The lowest BCUT2D eigenvalue weighted by Gasteiger charge is -2.27. The van der Waals surface area contributed by atoms with Gasteiger partial charge in [-0.25, -0.2) is 0 Å². The second kappa shape index (κ2) is 4.51. The van der Waals surface area contributed by atoms with Crippen molar-refractivity contribution in [3.8, 4) is 5.75 Å². The second-order valence-corrected chi connectivity index (χ2v) is 8.35. The molecule has 4 fully saturated rings. The molecule has 21 heavy (non-hydrogen) atoms. The summed E-state index contributed by atoms with van der Waals surface area (Å²) in [6, 6.07) is 6.66. The Hall–Kier alpha value is -0.980. The summed E-state index contributed by atoms with van der Waals surface area (Å²) in [5, 5.41) is 11.0. The van der Waals surface area contributed by atoms with Gasteiger partial charge in [0.15, 0.2) is 0 Å². The standard InChI is InChI=1S/C20H26O/c21-20-16(18-10-12-4-6-14(18)8-12)2-1-3-17(20)19-11-13-5-7-15(19)9-13/h1-3,12-15,18-19,21H,4-11H2. The fourth-order valence-corrected chi connectivity index (χ4v) is 6.43. The van der Waals surface area contributed by atoms with Gasteiger partial charge in [0.25, 0.3) is 0 Å². The van der Waals surface area contributed by atoms with Crippen LogP contribution in [0.15, 0.2) is 18.2 Å². The quantitative estimate of drug-likeness (QED) is 0.790. The van der Waals surface area contributed by atoms with Gasteiger partial charge in [-0.3, -0.25) is 0 Å². The van der Waals surface area contributed by atoms with Crippen molar-refractivity contribution >= 4 is 0 Å². The first kappa shape index (κ1) is 12.6. The minimum atomic E-state index is 0.655. The van der Waals surface area contributed by atoms with E-state index < -0.39 is 0 Å². The van der Waals surface area contributed by atoms with Gasteiger partial charge in [0.1, 0.15) is 5.75 Å². The molecule has 4 saturated carbocycles. The van der Waals surface area contributed by atoms with Crippen molar-refractivity contribution in [1.82, 2.24) is 0 Å². The molecular weight excluding hydrogens is 256 g/mol. The summed E-state index contributed by atoms with van der Waals surface area (Å²) in [5.41, 5.74) is 2.59. The molecule has 1 aromatic rings. The molecule has 0 heterocycles. The Kier molecular flexibility index (Phi) is 2.69. The highest BCUT2D eigenvalue weighted by atomic mass is 16.3. The third-order valence-corrected chi connectivity index (χ3v) is 7.37. The Morgan fingerprint density at radius 3 is 1.62 bits per heavy atom. The van der Waals surface area contributed by atoms with Gasteiger partial charge >= 0.3 is 0 Å². The number of phenols is 1. The summed E-state index contributed by atoms with van der Waals surface area (Å²) < 4.78 is 0. The van der Waals surface area contributed by atoms with Crippen LogP contribution in [0.25, 0.3) is 0 Å². The summed E-state index contributed by atoms with van der Waals surface area (Å²) in [6.07, 6.45) is 11.2. The molecule has 6 unspecified atom stereocenters. The fraction of sp³-hybridized carbons (Fsp3) is 0.700. The highest BCUT2D eigenvalue weighted by molar-refractivity contribution is 5.46. The summed E-state index contributed by atoms with van der Waals surface area (Å²) in [5.74, 6) is 5.61. The monoisotopic (exact) mass is 282 g/mol. The van der Waals surface area contributed by atoms with Crippen LogP contribution in [-0.2, 0) is 0 Å². The Morgan fingerprint density at radius 1 is 0.714 bits per heavy atom. The molecule has 4 aliphatic rings. The van der Waals surface area contributed by atoms with Crippen molar-refractivity contribution in [3.05, 3.63) is 29.3 Å². The van der Waals surface area contributed by atoms with Gasteiger partial charge in [0.2, 0.25) is 0 Å². The molecule has 1 heteroatoms. The first-order chi connectivity index (χ1) is 10.3. The van der Waals surface area contributed by atoms with Crippen molar-refractivity contribution in [2.45, 2.75) is 63.2 Å². The van der Waals surface area contributed by atoms with E-state index in [9.17, 15) is 5.11 Å². The molecule has 5 rings (SSSR count). The number of fused-ring (bicyclic) bond motifs is 4. The van der Waals surface area contributed by atoms with E-state index in [4.69, 9.17) is 0 Å². The smallest absolute Gasteiger partial charge is 0.122 e. The summed E-state index contributed by atoms with van der Waals surface area (Å²) >= 11 is 0. The number of hydrogen-bond acceptors (Lipinski definition) is 1. The van der Waals surface area contributed by atoms with E-state index >= 15 is 0 Å². The Morgan fingerprint density at radius 2 is 1.24 bits per heavy atom. The molecule has 4 bridgehead atoms. The predicted octanol–water partition coefficient (Wildman–Crippen LogP) is 5.20. The molecule has 0 aliphatic heterocycles.